The molecule has 0 saturated heterocycles. The van der Waals surface area contributed by atoms with Crippen LogP contribution in [0.25, 0.3) is 0 Å². The van der Waals surface area contributed by atoms with Gasteiger partial charge >= 0.3 is 11.2 Å². The van der Waals surface area contributed by atoms with Gasteiger partial charge < -0.3 is 4.74 Å². The molecular weight excluding hydrogens is 398 g/mol. The number of unbranched alkanes of at least 4 members (excludes halogenated alkanes) is 1. The van der Waals surface area contributed by atoms with E-state index in [2.05, 4.69) is 0 Å². The number of esters is 1. The van der Waals surface area contributed by atoms with Crippen LogP contribution in [0.15, 0.2) is 53.4 Å². The smallest absolute Gasteiger partial charge is 0.350 e. The van der Waals surface area contributed by atoms with E-state index in [4.69, 9.17) is 16.3 Å². The van der Waals surface area contributed by atoms with Gasteiger partial charge in [-0.15, -0.1) is 0 Å². The molecule has 0 aliphatic rings. The van der Waals surface area contributed by atoms with Gasteiger partial charge in [0.1, 0.15) is 0 Å². The van der Waals surface area contributed by atoms with Gasteiger partial charge in [-0.2, -0.15) is 8.78 Å². The van der Waals surface area contributed by atoms with E-state index in [1.165, 1.54) is 12.1 Å². The average molecular weight is 417 g/mol. The van der Waals surface area contributed by atoms with Crippen LogP contribution in [0.5, 0.6) is 0 Å². The van der Waals surface area contributed by atoms with Gasteiger partial charge in [0.05, 0.1) is 17.1 Å². The molecule has 0 radical (unpaired) electrons. The molecule has 2 aromatic carbocycles. The van der Waals surface area contributed by atoms with Crippen LogP contribution in [0.2, 0.25) is 5.02 Å². The second-order valence-electron chi connectivity index (χ2n) is 6.05. The minimum absolute atomic E-state index is 0.0657. The van der Waals surface area contributed by atoms with Gasteiger partial charge in [0.25, 0.3) is 0 Å². The molecular formula is C19H19ClF2O4S. The Kier molecular flexibility index (Phi) is 6.95. The van der Waals surface area contributed by atoms with E-state index in [0.29, 0.717) is 5.56 Å². The second-order valence-corrected chi connectivity index (χ2v) is 8.57. The summed E-state index contributed by atoms with van der Waals surface area (Å²) in [6.45, 7) is 1.82. The molecule has 2 rings (SSSR count). The lowest BCUT2D eigenvalue weighted by Gasteiger charge is -2.17. The fraction of sp³-hybridized carbons (Fsp3) is 0.316. The summed E-state index contributed by atoms with van der Waals surface area (Å²) in [5, 5.41) is -3.66. The van der Waals surface area contributed by atoms with Crippen molar-refractivity contribution in [3.05, 3.63) is 64.7 Å². The van der Waals surface area contributed by atoms with Gasteiger partial charge in [-0.3, -0.25) is 0 Å². The van der Waals surface area contributed by atoms with Crippen molar-refractivity contribution in [2.45, 2.75) is 36.3 Å². The van der Waals surface area contributed by atoms with E-state index in [-0.39, 0.29) is 24.5 Å². The summed E-state index contributed by atoms with van der Waals surface area (Å²) in [5.41, 5.74) is 1.37. The third-order valence-electron chi connectivity index (χ3n) is 3.90. The monoisotopic (exact) mass is 416 g/mol. The summed E-state index contributed by atoms with van der Waals surface area (Å²) in [6, 6.07) is 11.3. The molecule has 0 aliphatic carbocycles. The molecule has 0 bridgehead atoms. The van der Waals surface area contributed by atoms with Crippen LogP contribution in [-0.2, 0) is 14.6 Å². The van der Waals surface area contributed by atoms with E-state index in [0.717, 1.165) is 17.7 Å². The Hall–Kier alpha value is -1.99. The van der Waals surface area contributed by atoms with Gasteiger partial charge in [0.15, 0.2) is 0 Å². The number of hydrogen-bond donors (Lipinski definition) is 0. The number of halogens is 3. The Morgan fingerprint density at radius 1 is 1.04 bits per heavy atom. The van der Waals surface area contributed by atoms with Crippen molar-refractivity contribution in [2.75, 3.05) is 6.61 Å². The fourth-order valence-corrected chi connectivity index (χ4v) is 3.67. The first kappa shape index (κ1) is 21.3. The summed E-state index contributed by atoms with van der Waals surface area (Å²) in [6.07, 6.45) is -0.843. The van der Waals surface area contributed by atoms with Gasteiger partial charge in [-0.25, -0.2) is 13.2 Å². The van der Waals surface area contributed by atoms with Crippen LogP contribution in [0.3, 0.4) is 0 Å². The number of carbonyl (C=O) groups is 1. The van der Waals surface area contributed by atoms with Crippen LogP contribution in [-0.4, -0.2) is 26.2 Å². The molecule has 0 N–H and O–H groups in total. The molecule has 0 aliphatic heterocycles. The maximum absolute atomic E-state index is 14.1. The summed E-state index contributed by atoms with van der Waals surface area (Å²) in [7, 11) is -4.81. The van der Waals surface area contributed by atoms with Crippen LogP contribution < -0.4 is 0 Å². The standard InChI is InChI=1S/C19H19ClF2O4S/c1-14-4-6-15(7-5-14)18(23)26-13-3-2-12-19(21,22)27(24,25)17-10-8-16(20)9-11-17/h4-11H,2-3,12-13H2,1H3. The molecule has 8 heteroatoms. The van der Waals surface area contributed by atoms with Crippen molar-refractivity contribution in [3.63, 3.8) is 0 Å². The fourth-order valence-electron chi connectivity index (χ4n) is 2.29. The molecule has 2 aromatic rings. The molecule has 0 amide bonds. The predicted molar refractivity (Wildman–Crippen MR) is 98.9 cm³/mol. The normalized spacial score (nSPS) is 12.0. The second kappa shape index (κ2) is 8.80. The third-order valence-corrected chi connectivity index (χ3v) is 6.03. The number of benzene rings is 2. The minimum atomic E-state index is -4.81. The maximum atomic E-state index is 14.1. The SMILES string of the molecule is Cc1ccc(C(=O)OCCCCC(F)(F)S(=O)(=O)c2ccc(Cl)cc2)cc1. The topological polar surface area (TPSA) is 60.4 Å². The quantitative estimate of drug-likeness (QED) is 0.446. The summed E-state index contributed by atoms with van der Waals surface area (Å²) in [4.78, 5) is 11.3. The minimum Gasteiger partial charge on any atom is -0.462 e. The van der Waals surface area contributed by atoms with E-state index in [9.17, 15) is 22.0 Å². The van der Waals surface area contributed by atoms with Crippen molar-refractivity contribution in [3.8, 4) is 0 Å². The molecule has 0 heterocycles. The summed E-state index contributed by atoms with van der Waals surface area (Å²) >= 11 is 5.65. The molecule has 0 unspecified atom stereocenters. The first-order valence-electron chi connectivity index (χ1n) is 8.25. The van der Waals surface area contributed by atoms with Gasteiger partial charge in [0.2, 0.25) is 9.84 Å². The number of rotatable bonds is 8. The number of sulfone groups is 1. The number of alkyl halides is 2. The maximum Gasteiger partial charge on any atom is 0.350 e. The highest BCUT2D eigenvalue weighted by Crippen LogP contribution is 2.34. The average Bonchev–Trinajstić information content (AvgIpc) is 2.62. The van der Waals surface area contributed by atoms with Gasteiger partial charge in [0, 0.05) is 11.4 Å². The lowest BCUT2D eigenvalue weighted by Crippen LogP contribution is -2.29. The lowest BCUT2D eigenvalue weighted by atomic mass is 10.1. The molecule has 0 atom stereocenters. The lowest BCUT2D eigenvalue weighted by molar-refractivity contribution is 0.0475. The zero-order valence-corrected chi connectivity index (χ0v) is 16.2. The number of aryl methyl sites for hydroxylation is 1. The largest absolute Gasteiger partial charge is 0.462 e. The van der Waals surface area contributed by atoms with E-state index >= 15 is 0 Å². The highest BCUT2D eigenvalue weighted by atomic mass is 35.5. The third kappa shape index (κ3) is 5.49. The first-order valence-corrected chi connectivity index (χ1v) is 10.1. The Balaban J connectivity index is 1.83. The molecule has 0 fully saturated rings. The van der Waals surface area contributed by atoms with Crippen LogP contribution in [0.4, 0.5) is 8.78 Å². The Bertz CT molecular complexity index is 879. The predicted octanol–water partition coefficient (Wildman–Crippen LogP) is 5.04. The summed E-state index contributed by atoms with van der Waals surface area (Å²) < 4.78 is 57.5. The van der Waals surface area contributed by atoms with Gasteiger partial charge in [-0.05, 0) is 56.2 Å². The number of carbonyl (C=O) groups excluding carboxylic acids is 1. The Morgan fingerprint density at radius 2 is 1.63 bits per heavy atom. The highest BCUT2D eigenvalue weighted by Gasteiger charge is 2.45. The van der Waals surface area contributed by atoms with Crippen LogP contribution in [0, 0.1) is 6.92 Å². The summed E-state index contributed by atoms with van der Waals surface area (Å²) in [5.74, 6) is -0.546. The Morgan fingerprint density at radius 3 is 2.22 bits per heavy atom. The van der Waals surface area contributed by atoms with Crippen molar-refractivity contribution in [1.29, 1.82) is 0 Å². The molecule has 4 nitrogen and oxygen atoms in total. The van der Waals surface area contributed by atoms with Crippen molar-refractivity contribution in [1.82, 2.24) is 0 Å². The zero-order valence-electron chi connectivity index (χ0n) is 14.6. The zero-order chi connectivity index (χ0) is 20.1. The number of hydrogen-bond acceptors (Lipinski definition) is 4. The van der Waals surface area contributed by atoms with Crippen molar-refractivity contribution < 1.29 is 26.7 Å². The van der Waals surface area contributed by atoms with E-state index in [1.807, 2.05) is 6.92 Å². The first-order chi connectivity index (χ1) is 12.6. The van der Waals surface area contributed by atoms with E-state index < -0.39 is 32.4 Å². The Labute approximate surface area is 162 Å². The van der Waals surface area contributed by atoms with Crippen LogP contribution in [0.1, 0.15) is 35.2 Å². The highest BCUT2D eigenvalue weighted by molar-refractivity contribution is 7.92. The van der Waals surface area contributed by atoms with Gasteiger partial charge in [-0.1, -0.05) is 29.3 Å². The molecule has 27 heavy (non-hydrogen) atoms. The van der Waals surface area contributed by atoms with Crippen LogP contribution >= 0.6 is 11.6 Å². The molecule has 0 aromatic heterocycles. The molecule has 146 valence electrons. The number of ether oxygens (including phenoxy) is 1. The van der Waals surface area contributed by atoms with Crippen molar-refractivity contribution in [2.24, 2.45) is 0 Å². The molecule has 0 saturated carbocycles. The van der Waals surface area contributed by atoms with Crippen molar-refractivity contribution >= 4 is 27.4 Å². The molecule has 0 spiro atoms. The van der Waals surface area contributed by atoms with E-state index in [1.54, 1.807) is 24.3 Å².